The van der Waals surface area contributed by atoms with Crippen LogP contribution in [-0.4, -0.2) is 66.2 Å². The van der Waals surface area contributed by atoms with Crippen molar-refractivity contribution in [3.05, 3.63) is 18.2 Å². The SMILES string of the molecule is CC(C)c1nccn1CCN1CCN(S(C)(=O)=O)CC1. The van der Waals surface area contributed by atoms with Crippen LogP contribution in [0.3, 0.4) is 0 Å². The first-order valence-electron chi connectivity index (χ1n) is 7.06. The topological polar surface area (TPSA) is 58.4 Å². The standard InChI is InChI=1S/C13H24N4O2S/c1-12(2)13-14-4-5-16(13)9-6-15-7-10-17(11-8-15)20(3,18)19/h4-5,12H,6-11H2,1-3H3. The molecule has 0 bridgehead atoms. The second-order valence-electron chi connectivity index (χ2n) is 5.64. The first kappa shape index (κ1) is 15.5. The molecule has 1 aromatic rings. The van der Waals surface area contributed by atoms with Crippen LogP contribution < -0.4 is 0 Å². The van der Waals surface area contributed by atoms with E-state index in [-0.39, 0.29) is 0 Å². The summed E-state index contributed by atoms with van der Waals surface area (Å²) in [6, 6.07) is 0. The molecule has 20 heavy (non-hydrogen) atoms. The van der Waals surface area contributed by atoms with Crippen LogP contribution in [0.15, 0.2) is 12.4 Å². The largest absolute Gasteiger partial charge is 0.333 e. The fraction of sp³-hybridized carbons (Fsp3) is 0.769. The summed E-state index contributed by atoms with van der Waals surface area (Å²) >= 11 is 0. The van der Waals surface area contributed by atoms with Crippen LogP contribution in [0, 0.1) is 0 Å². The van der Waals surface area contributed by atoms with Gasteiger partial charge in [-0.25, -0.2) is 13.4 Å². The van der Waals surface area contributed by atoms with Crippen molar-refractivity contribution in [2.75, 3.05) is 39.0 Å². The molecular formula is C13H24N4O2S. The minimum atomic E-state index is -3.03. The monoisotopic (exact) mass is 300 g/mol. The number of hydrogen-bond donors (Lipinski definition) is 0. The van der Waals surface area contributed by atoms with Gasteiger partial charge < -0.3 is 4.57 Å². The highest BCUT2D eigenvalue weighted by Gasteiger charge is 2.23. The third-order valence-corrected chi connectivity index (χ3v) is 5.02. The molecule has 0 aliphatic carbocycles. The molecule has 7 heteroatoms. The van der Waals surface area contributed by atoms with Crippen LogP contribution in [0.4, 0.5) is 0 Å². The Hall–Kier alpha value is -0.920. The molecule has 0 radical (unpaired) electrons. The molecule has 0 aromatic carbocycles. The fourth-order valence-corrected chi connectivity index (χ4v) is 3.37. The quantitative estimate of drug-likeness (QED) is 0.798. The van der Waals surface area contributed by atoms with Crippen LogP contribution in [0.25, 0.3) is 0 Å². The molecule has 114 valence electrons. The Balaban J connectivity index is 1.83. The van der Waals surface area contributed by atoms with Crippen LogP contribution in [0.1, 0.15) is 25.6 Å². The Labute approximate surface area is 121 Å². The number of hydrogen-bond acceptors (Lipinski definition) is 4. The zero-order valence-electron chi connectivity index (χ0n) is 12.5. The average molecular weight is 300 g/mol. The van der Waals surface area contributed by atoms with Gasteiger partial charge in [0.25, 0.3) is 0 Å². The highest BCUT2D eigenvalue weighted by molar-refractivity contribution is 7.88. The van der Waals surface area contributed by atoms with Gasteiger partial charge in [-0.05, 0) is 0 Å². The average Bonchev–Trinajstić information content (AvgIpc) is 2.84. The van der Waals surface area contributed by atoms with E-state index >= 15 is 0 Å². The minimum Gasteiger partial charge on any atom is -0.333 e. The molecule has 1 fully saturated rings. The van der Waals surface area contributed by atoms with E-state index in [4.69, 9.17) is 0 Å². The fourth-order valence-electron chi connectivity index (χ4n) is 2.54. The highest BCUT2D eigenvalue weighted by Crippen LogP contribution is 2.12. The molecule has 0 amide bonds. The van der Waals surface area contributed by atoms with Gasteiger partial charge in [0.2, 0.25) is 10.0 Å². The normalized spacial score (nSPS) is 18.8. The van der Waals surface area contributed by atoms with Crippen molar-refractivity contribution >= 4 is 10.0 Å². The van der Waals surface area contributed by atoms with Crippen molar-refractivity contribution in [1.82, 2.24) is 18.8 Å². The van der Waals surface area contributed by atoms with Gasteiger partial charge in [0, 0.05) is 57.6 Å². The molecule has 0 saturated carbocycles. The van der Waals surface area contributed by atoms with Crippen molar-refractivity contribution in [2.24, 2.45) is 0 Å². The summed E-state index contributed by atoms with van der Waals surface area (Å²) in [6.45, 7) is 8.94. The smallest absolute Gasteiger partial charge is 0.211 e. The molecule has 1 saturated heterocycles. The van der Waals surface area contributed by atoms with E-state index in [2.05, 4.69) is 28.3 Å². The second kappa shape index (κ2) is 6.24. The van der Waals surface area contributed by atoms with Crippen molar-refractivity contribution in [3.63, 3.8) is 0 Å². The number of rotatable bonds is 5. The van der Waals surface area contributed by atoms with Crippen molar-refractivity contribution in [2.45, 2.75) is 26.3 Å². The summed E-state index contributed by atoms with van der Waals surface area (Å²) < 4.78 is 26.6. The molecule has 2 rings (SSSR count). The Morgan fingerprint density at radius 1 is 1.20 bits per heavy atom. The van der Waals surface area contributed by atoms with E-state index in [1.165, 1.54) is 6.26 Å². The van der Waals surface area contributed by atoms with Crippen LogP contribution >= 0.6 is 0 Å². The van der Waals surface area contributed by atoms with Crippen LogP contribution in [0.2, 0.25) is 0 Å². The summed E-state index contributed by atoms with van der Waals surface area (Å²) in [5, 5.41) is 0. The van der Waals surface area contributed by atoms with E-state index in [9.17, 15) is 8.42 Å². The first-order chi connectivity index (χ1) is 9.38. The summed E-state index contributed by atoms with van der Waals surface area (Å²) in [4.78, 5) is 6.69. The zero-order chi connectivity index (χ0) is 14.8. The number of sulfonamides is 1. The Bertz CT molecular complexity index is 530. The van der Waals surface area contributed by atoms with E-state index in [0.29, 0.717) is 19.0 Å². The molecule has 0 spiro atoms. The molecule has 0 unspecified atom stereocenters. The molecule has 1 aliphatic rings. The summed E-state index contributed by atoms with van der Waals surface area (Å²) in [6.07, 6.45) is 5.14. The van der Waals surface area contributed by atoms with E-state index in [1.807, 2.05) is 12.4 Å². The summed E-state index contributed by atoms with van der Waals surface area (Å²) in [5.74, 6) is 1.53. The van der Waals surface area contributed by atoms with Gasteiger partial charge in [-0.15, -0.1) is 0 Å². The maximum Gasteiger partial charge on any atom is 0.211 e. The Kier molecular flexibility index (Phi) is 4.82. The Morgan fingerprint density at radius 2 is 1.85 bits per heavy atom. The Morgan fingerprint density at radius 3 is 2.40 bits per heavy atom. The number of imidazole rings is 1. The van der Waals surface area contributed by atoms with Crippen LogP contribution in [0.5, 0.6) is 0 Å². The lowest BCUT2D eigenvalue weighted by atomic mass is 10.2. The van der Waals surface area contributed by atoms with E-state index in [1.54, 1.807) is 4.31 Å². The molecule has 1 aliphatic heterocycles. The third-order valence-electron chi connectivity index (χ3n) is 3.72. The third kappa shape index (κ3) is 3.80. The predicted molar refractivity (Wildman–Crippen MR) is 79.2 cm³/mol. The van der Waals surface area contributed by atoms with Gasteiger partial charge in [-0.2, -0.15) is 4.31 Å². The van der Waals surface area contributed by atoms with Gasteiger partial charge in [0.1, 0.15) is 5.82 Å². The highest BCUT2D eigenvalue weighted by atomic mass is 32.2. The summed E-state index contributed by atoms with van der Waals surface area (Å²) in [7, 11) is -3.03. The molecule has 2 heterocycles. The van der Waals surface area contributed by atoms with E-state index < -0.39 is 10.0 Å². The van der Waals surface area contributed by atoms with Crippen molar-refractivity contribution < 1.29 is 8.42 Å². The van der Waals surface area contributed by atoms with Crippen molar-refractivity contribution in [3.8, 4) is 0 Å². The molecule has 0 N–H and O–H groups in total. The minimum absolute atomic E-state index is 0.423. The van der Waals surface area contributed by atoms with Gasteiger partial charge in [0.15, 0.2) is 0 Å². The predicted octanol–water partition coefficient (Wildman–Crippen LogP) is 0.584. The maximum absolute atomic E-state index is 11.5. The number of piperazine rings is 1. The second-order valence-corrected chi connectivity index (χ2v) is 7.62. The van der Waals surface area contributed by atoms with E-state index in [0.717, 1.165) is 32.0 Å². The van der Waals surface area contributed by atoms with Gasteiger partial charge in [-0.1, -0.05) is 13.8 Å². The van der Waals surface area contributed by atoms with Gasteiger partial charge in [-0.3, -0.25) is 4.90 Å². The van der Waals surface area contributed by atoms with Gasteiger partial charge >= 0.3 is 0 Å². The molecular weight excluding hydrogens is 276 g/mol. The maximum atomic E-state index is 11.5. The molecule has 6 nitrogen and oxygen atoms in total. The summed E-state index contributed by atoms with van der Waals surface area (Å²) in [5.41, 5.74) is 0. The lowest BCUT2D eigenvalue weighted by Crippen LogP contribution is -2.48. The lowest BCUT2D eigenvalue weighted by Gasteiger charge is -2.33. The number of aromatic nitrogens is 2. The first-order valence-corrected chi connectivity index (χ1v) is 8.91. The van der Waals surface area contributed by atoms with Crippen LogP contribution in [-0.2, 0) is 16.6 Å². The zero-order valence-corrected chi connectivity index (χ0v) is 13.3. The molecule has 0 atom stereocenters. The van der Waals surface area contributed by atoms with Gasteiger partial charge in [0.05, 0.1) is 6.26 Å². The number of nitrogens with zero attached hydrogens (tertiary/aromatic N) is 4. The molecule has 1 aromatic heterocycles. The lowest BCUT2D eigenvalue weighted by molar-refractivity contribution is 0.183. The van der Waals surface area contributed by atoms with Crippen molar-refractivity contribution in [1.29, 1.82) is 0 Å².